The Morgan fingerprint density at radius 2 is 1.12 bits per heavy atom. The van der Waals surface area contributed by atoms with Gasteiger partial charge in [0.1, 0.15) is 11.4 Å². The highest BCUT2D eigenvalue weighted by Crippen LogP contribution is 2.51. The second-order valence-electron chi connectivity index (χ2n) is 13.7. The van der Waals surface area contributed by atoms with E-state index in [-0.39, 0.29) is 0 Å². The van der Waals surface area contributed by atoms with Gasteiger partial charge in [-0.3, -0.25) is 0 Å². The van der Waals surface area contributed by atoms with Crippen LogP contribution in [-0.4, -0.2) is 15.4 Å². The molecule has 3 nitrogen and oxygen atoms in total. The van der Waals surface area contributed by atoms with E-state index in [9.17, 15) is 0 Å². The fourth-order valence-corrected chi connectivity index (χ4v) is 9.39. The van der Waals surface area contributed by atoms with Crippen molar-refractivity contribution in [3.8, 4) is 67.0 Å². The average molecular weight is 684 g/mol. The molecule has 0 fully saturated rings. The Bertz CT molecular complexity index is 2840. The quantitative estimate of drug-likeness (QED) is 0.181. The molecule has 10 rings (SSSR count). The Kier molecular flexibility index (Phi) is 7.19. The standard InChI is InChI=1S/C48H33N3S/c1-29-27-39-34-20-10-9-19-33(34)28-40(39)43(30(29)2)36-21-11-12-22-37(36)46-47(32-17-7-4-8-18-32)49-51-50-48(46)45-35(31-15-5-3-6-16-31)25-26-42-44(45)38-23-13-14-24-41(38)52-42/h3-27H,28H2,1-2H3. The van der Waals surface area contributed by atoms with Crippen LogP contribution >= 0.6 is 11.3 Å². The minimum absolute atomic E-state index is 0.818. The Morgan fingerprint density at radius 1 is 0.481 bits per heavy atom. The normalized spacial score (nSPS) is 12.0. The zero-order valence-corrected chi connectivity index (χ0v) is 29.7. The van der Waals surface area contributed by atoms with Gasteiger partial charge in [0.15, 0.2) is 0 Å². The van der Waals surface area contributed by atoms with E-state index in [1.165, 1.54) is 64.7 Å². The van der Waals surface area contributed by atoms with E-state index in [1.807, 2.05) is 11.3 Å². The first-order chi connectivity index (χ1) is 25.7. The topological polar surface area (TPSA) is 38.7 Å². The van der Waals surface area contributed by atoms with Crippen LogP contribution in [0.1, 0.15) is 22.3 Å². The van der Waals surface area contributed by atoms with E-state index < -0.39 is 0 Å². The summed E-state index contributed by atoms with van der Waals surface area (Å²) in [6.45, 7) is 4.52. The number of benzene rings is 7. The second-order valence-corrected chi connectivity index (χ2v) is 14.7. The Labute approximate surface area is 306 Å². The van der Waals surface area contributed by atoms with Crippen LogP contribution in [0.3, 0.4) is 0 Å². The maximum Gasteiger partial charge on any atom is 0.106 e. The van der Waals surface area contributed by atoms with Crippen molar-refractivity contribution in [3.05, 3.63) is 174 Å². The van der Waals surface area contributed by atoms with E-state index in [1.54, 1.807) is 0 Å². The van der Waals surface area contributed by atoms with Gasteiger partial charge in [0.25, 0.3) is 0 Å². The Balaban J connectivity index is 1.35. The Hall–Kier alpha value is -6.23. The highest BCUT2D eigenvalue weighted by molar-refractivity contribution is 7.26. The van der Waals surface area contributed by atoms with Gasteiger partial charge < -0.3 is 0 Å². The molecular weight excluding hydrogens is 651 g/mol. The smallest absolute Gasteiger partial charge is 0.106 e. The number of aryl methyl sites for hydroxylation is 1. The lowest BCUT2D eigenvalue weighted by atomic mass is 9.82. The molecule has 0 atom stereocenters. The summed E-state index contributed by atoms with van der Waals surface area (Å²) in [6, 6.07) is 54.5. The molecule has 0 N–H and O–H groups in total. The van der Waals surface area contributed by atoms with Crippen LogP contribution in [0.2, 0.25) is 0 Å². The molecule has 2 aromatic heterocycles. The first-order valence-electron chi connectivity index (χ1n) is 17.8. The van der Waals surface area contributed by atoms with Crippen molar-refractivity contribution >= 4 is 31.5 Å². The summed E-state index contributed by atoms with van der Waals surface area (Å²) in [5.74, 6) is 0. The molecule has 0 spiro atoms. The van der Waals surface area contributed by atoms with Crippen LogP contribution in [0, 0.1) is 13.8 Å². The van der Waals surface area contributed by atoms with Crippen molar-refractivity contribution in [2.24, 2.45) is 0 Å². The van der Waals surface area contributed by atoms with E-state index in [2.05, 4.69) is 171 Å². The van der Waals surface area contributed by atoms with Crippen molar-refractivity contribution in [1.82, 2.24) is 15.4 Å². The molecule has 246 valence electrons. The SMILES string of the molecule is Cc1cc2c(c(-c3ccccc3-c3c(-c4ccccc4)nnnc3-c3c(-c4ccccc4)ccc4sc5ccccc5c34)c1C)Cc1ccccc1-2. The zero-order valence-electron chi connectivity index (χ0n) is 28.9. The van der Waals surface area contributed by atoms with Crippen LogP contribution in [0.25, 0.3) is 87.2 Å². The van der Waals surface area contributed by atoms with E-state index in [4.69, 9.17) is 10.2 Å². The summed E-state index contributed by atoms with van der Waals surface area (Å²) in [7, 11) is 0. The molecule has 0 saturated carbocycles. The molecule has 0 saturated heterocycles. The minimum Gasteiger partial charge on any atom is -0.135 e. The van der Waals surface area contributed by atoms with Crippen molar-refractivity contribution in [2.45, 2.75) is 20.3 Å². The summed E-state index contributed by atoms with van der Waals surface area (Å²) in [5, 5.41) is 16.9. The molecule has 0 radical (unpaired) electrons. The van der Waals surface area contributed by atoms with E-state index in [0.717, 1.165) is 51.2 Å². The van der Waals surface area contributed by atoms with Crippen molar-refractivity contribution < 1.29 is 0 Å². The van der Waals surface area contributed by atoms with Crippen LogP contribution in [-0.2, 0) is 6.42 Å². The van der Waals surface area contributed by atoms with Gasteiger partial charge in [-0.1, -0.05) is 140 Å². The minimum atomic E-state index is 0.818. The number of rotatable bonds is 5. The summed E-state index contributed by atoms with van der Waals surface area (Å²) < 4.78 is 2.47. The summed E-state index contributed by atoms with van der Waals surface area (Å²) in [6.07, 6.45) is 0.903. The monoisotopic (exact) mass is 683 g/mol. The van der Waals surface area contributed by atoms with Crippen molar-refractivity contribution in [2.75, 3.05) is 0 Å². The zero-order chi connectivity index (χ0) is 34.8. The number of hydrogen-bond acceptors (Lipinski definition) is 4. The Morgan fingerprint density at radius 3 is 1.90 bits per heavy atom. The average Bonchev–Trinajstić information content (AvgIpc) is 3.77. The summed E-state index contributed by atoms with van der Waals surface area (Å²) in [4.78, 5) is 0. The molecule has 9 aromatic rings. The van der Waals surface area contributed by atoms with Gasteiger partial charge in [0.2, 0.25) is 0 Å². The number of hydrogen-bond donors (Lipinski definition) is 0. The largest absolute Gasteiger partial charge is 0.135 e. The predicted molar refractivity (Wildman–Crippen MR) is 218 cm³/mol. The van der Waals surface area contributed by atoms with Crippen LogP contribution in [0.4, 0.5) is 0 Å². The van der Waals surface area contributed by atoms with E-state index >= 15 is 0 Å². The molecule has 0 unspecified atom stereocenters. The third-order valence-corrected chi connectivity index (χ3v) is 11.9. The van der Waals surface area contributed by atoms with Gasteiger partial charge in [0, 0.05) is 36.9 Å². The summed E-state index contributed by atoms with van der Waals surface area (Å²) >= 11 is 1.82. The number of nitrogens with zero attached hydrogens (tertiary/aromatic N) is 3. The van der Waals surface area contributed by atoms with Crippen LogP contribution < -0.4 is 0 Å². The van der Waals surface area contributed by atoms with Gasteiger partial charge in [-0.05, 0) is 98.8 Å². The van der Waals surface area contributed by atoms with Crippen LogP contribution in [0.5, 0.6) is 0 Å². The maximum atomic E-state index is 5.06. The molecule has 7 aromatic carbocycles. The molecule has 1 aliphatic rings. The van der Waals surface area contributed by atoms with Gasteiger partial charge in [0.05, 0.1) is 0 Å². The van der Waals surface area contributed by atoms with E-state index in [0.29, 0.717) is 0 Å². The molecule has 1 aliphatic carbocycles. The van der Waals surface area contributed by atoms with Gasteiger partial charge in [-0.2, -0.15) is 0 Å². The number of fused-ring (bicyclic) bond motifs is 6. The first kappa shape index (κ1) is 30.6. The first-order valence-corrected chi connectivity index (χ1v) is 18.6. The van der Waals surface area contributed by atoms with Crippen molar-refractivity contribution in [1.29, 1.82) is 0 Å². The third kappa shape index (κ3) is 4.75. The van der Waals surface area contributed by atoms with Crippen LogP contribution in [0.15, 0.2) is 152 Å². The fourth-order valence-electron chi connectivity index (χ4n) is 8.28. The molecule has 4 heteroatoms. The number of aromatic nitrogens is 3. The number of thiophene rings is 1. The maximum absolute atomic E-state index is 5.06. The lowest BCUT2D eigenvalue weighted by Crippen LogP contribution is -2.03. The van der Waals surface area contributed by atoms with Gasteiger partial charge >= 0.3 is 0 Å². The molecule has 2 heterocycles. The molecule has 0 bridgehead atoms. The second kappa shape index (κ2) is 12.2. The molecule has 0 aliphatic heterocycles. The third-order valence-electron chi connectivity index (χ3n) is 10.8. The highest BCUT2D eigenvalue weighted by Gasteiger charge is 2.29. The summed E-state index contributed by atoms with van der Waals surface area (Å²) in [5.41, 5.74) is 18.6. The predicted octanol–water partition coefficient (Wildman–Crippen LogP) is 12.8. The van der Waals surface area contributed by atoms with Crippen molar-refractivity contribution in [3.63, 3.8) is 0 Å². The van der Waals surface area contributed by atoms with Gasteiger partial charge in [-0.15, -0.1) is 21.5 Å². The lowest BCUT2D eigenvalue weighted by Gasteiger charge is -2.22. The van der Waals surface area contributed by atoms with Gasteiger partial charge in [-0.25, -0.2) is 0 Å². The molecular formula is C48H33N3S. The molecule has 0 amide bonds. The highest BCUT2D eigenvalue weighted by atomic mass is 32.1. The lowest BCUT2D eigenvalue weighted by molar-refractivity contribution is 0.879. The fraction of sp³-hybridized carbons (Fsp3) is 0.0625. The molecule has 52 heavy (non-hydrogen) atoms.